The average molecular weight is 212 g/mol. The van der Waals surface area contributed by atoms with E-state index in [1.54, 1.807) is 7.05 Å². The summed E-state index contributed by atoms with van der Waals surface area (Å²) < 4.78 is 24.4. The normalized spacial score (nSPS) is 18.6. The molecule has 0 aliphatic heterocycles. The predicted molar refractivity (Wildman–Crippen MR) is 49.9 cm³/mol. The van der Waals surface area contributed by atoms with Gasteiger partial charge in [0.1, 0.15) is 0 Å². The zero-order valence-electron chi connectivity index (χ0n) is 7.16. The van der Waals surface area contributed by atoms with Crippen molar-refractivity contribution in [3.63, 3.8) is 0 Å². The lowest BCUT2D eigenvalue weighted by Crippen LogP contribution is -2.31. The third-order valence-corrected chi connectivity index (χ3v) is 4.28. The fourth-order valence-electron chi connectivity index (χ4n) is 1.05. The number of alkyl halides is 1. The molecule has 1 rings (SSSR count). The van der Waals surface area contributed by atoms with Crippen molar-refractivity contribution in [2.75, 3.05) is 18.7 Å². The Kier molecular flexibility index (Phi) is 3.37. The van der Waals surface area contributed by atoms with Gasteiger partial charge in [-0.1, -0.05) is 0 Å². The fourth-order valence-corrected chi connectivity index (χ4v) is 2.80. The van der Waals surface area contributed by atoms with Gasteiger partial charge in [-0.3, -0.25) is 0 Å². The van der Waals surface area contributed by atoms with Crippen LogP contribution in [-0.2, 0) is 10.0 Å². The highest BCUT2D eigenvalue weighted by molar-refractivity contribution is 7.89. The molecule has 0 atom stereocenters. The molecule has 0 N–H and O–H groups in total. The van der Waals surface area contributed by atoms with E-state index in [0.717, 1.165) is 12.8 Å². The van der Waals surface area contributed by atoms with Crippen LogP contribution >= 0.6 is 11.6 Å². The Labute approximate surface area is 78.7 Å². The van der Waals surface area contributed by atoms with E-state index in [4.69, 9.17) is 11.6 Å². The Morgan fingerprint density at radius 2 is 2.08 bits per heavy atom. The second kappa shape index (κ2) is 3.94. The summed E-state index contributed by atoms with van der Waals surface area (Å²) in [7, 11) is -1.36. The van der Waals surface area contributed by atoms with Crippen molar-refractivity contribution in [1.29, 1.82) is 0 Å². The molecule has 1 aliphatic rings. The monoisotopic (exact) mass is 211 g/mol. The maximum atomic E-state index is 11.4. The first-order chi connectivity index (χ1) is 5.58. The minimum atomic E-state index is -3.01. The largest absolute Gasteiger partial charge is 0.214 e. The Bertz CT molecular complexity index is 236. The van der Waals surface area contributed by atoms with Crippen molar-refractivity contribution in [2.24, 2.45) is 0 Å². The minimum Gasteiger partial charge on any atom is -0.212 e. The molecule has 3 nitrogen and oxygen atoms in total. The summed E-state index contributed by atoms with van der Waals surface area (Å²) >= 11 is 5.42. The van der Waals surface area contributed by atoms with Gasteiger partial charge in [-0.15, -0.1) is 11.6 Å². The van der Waals surface area contributed by atoms with Gasteiger partial charge in [0.05, 0.1) is 5.75 Å². The number of rotatable bonds is 5. The van der Waals surface area contributed by atoms with Crippen LogP contribution < -0.4 is 0 Å². The van der Waals surface area contributed by atoms with Crippen molar-refractivity contribution in [1.82, 2.24) is 4.31 Å². The Hall–Kier alpha value is 0.200. The van der Waals surface area contributed by atoms with Crippen LogP contribution in [0.1, 0.15) is 19.3 Å². The quantitative estimate of drug-likeness (QED) is 0.638. The average Bonchev–Trinajstić information content (AvgIpc) is 2.82. The first kappa shape index (κ1) is 10.3. The standard InChI is InChI=1S/C7H14ClNO2S/c1-9(7-3-4-7)12(10,11)6-2-5-8/h7H,2-6H2,1H3. The van der Waals surface area contributed by atoms with Crippen molar-refractivity contribution >= 4 is 21.6 Å². The summed E-state index contributed by atoms with van der Waals surface area (Å²) in [6, 6.07) is 0.269. The van der Waals surface area contributed by atoms with Crippen LogP contribution in [0.5, 0.6) is 0 Å². The summed E-state index contributed by atoms with van der Waals surface area (Å²) in [6.45, 7) is 0. The summed E-state index contributed by atoms with van der Waals surface area (Å²) in [5.41, 5.74) is 0. The maximum Gasteiger partial charge on any atom is 0.214 e. The van der Waals surface area contributed by atoms with Gasteiger partial charge in [-0.05, 0) is 19.3 Å². The van der Waals surface area contributed by atoms with Crippen LogP contribution in [0.25, 0.3) is 0 Å². The van der Waals surface area contributed by atoms with E-state index < -0.39 is 10.0 Å². The molecule has 0 radical (unpaired) electrons. The molecule has 0 aromatic heterocycles. The second-order valence-electron chi connectivity index (χ2n) is 3.11. The van der Waals surface area contributed by atoms with Gasteiger partial charge in [-0.25, -0.2) is 12.7 Å². The summed E-state index contributed by atoms with van der Waals surface area (Å²) in [5.74, 6) is 0.598. The number of sulfonamides is 1. The van der Waals surface area contributed by atoms with Gasteiger partial charge in [-0.2, -0.15) is 0 Å². The minimum absolute atomic E-state index is 0.184. The number of halogens is 1. The second-order valence-corrected chi connectivity index (χ2v) is 5.63. The van der Waals surface area contributed by atoms with E-state index in [-0.39, 0.29) is 11.8 Å². The molecule has 0 saturated heterocycles. The van der Waals surface area contributed by atoms with Gasteiger partial charge in [0.25, 0.3) is 0 Å². The van der Waals surface area contributed by atoms with Crippen molar-refractivity contribution in [2.45, 2.75) is 25.3 Å². The van der Waals surface area contributed by atoms with Gasteiger partial charge >= 0.3 is 0 Å². The molecule has 0 aromatic rings. The molecule has 1 fully saturated rings. The first-order valence-corrected chi connectivity index (χ1v) is 6.24. The molecule has 72 valence electrons. The van der Waals surface area contributed by atoms with Crippen molar-refractivity contribution in [3.8, 4) is 0 Å². The lowest BCUT2D eigenvalue weighted by molar-refractivity contribution is 0.463. The molecule has 0 spiro atoms. The van der Waals surface area contributed by atoms with Crippen molar-refractivity contribution < 1.29 is 8.42 Å². The van der Waals surface area contributed by atoms with E-state index in [9.17, 15) is 8.42 Å². The maximum absolute atomic E-state index is 11.4. The molecule has 1 aliphatic carbocycles. The molecular weight excluding hydrogens is 198 g/mol. The van der Waals surface area contributed by atoms with Crippen LogP contribution in [-0.4, -0.2) is 37.4 Å². The molecule has 0 heterocycles. The van der Waals surface area contributed by atoms with Crippen LogP contribution in [0.3, 0.4) is 0 Å². The molecule has 5 heteroatoms. The predicted octanol–water partition coefficient (Wildman–Crippen LogP) is 1.04. The zero-order chi connectivity index (χ0) is 9.19. The van der Waals surface area contributed by atoms with Gasteiger partial charge in [0.15, 0.2) is 0 Å². The van der Waals surface area contributed by atoms with Crippen LogP contribution in [0.15, 0.2) is 0 Å². The number of hydrogen-bond acceptors (Lipinski definition) is 2. The Morgan fingerprint density at radius 3 is 2.50 bits per heavy atom. The third-order valence-electron chi connectivity index (χ3n) is 2.04. The molecule has 0 amide bonds. The highest BCUT2D eigenvalue weighted by Crippen LogP contribution is 2.27. The lowest BCUT2D eigenvalue weighted by atomic mass is 10.6. The fraction of sp³-hybridized carbons (Fsp3) is 1.00. The lowest BCUT2D eigenvalue weighted by Gasteiger charge is -2.15. The molecule has 0 bridgehead atoms. The van der Waals surface area contributed by atoms with E-state index in [0.29, 0.717) is 12.3 Å². The molecule has 12 heavy (non-hydrogen) atoms. The van der Waals surface area contributed by atoms with E-state index >= 15 is 0 Å². The summed E-state index contributed by atoms with van der Waals surface area (Å²) in [6.07, 6.45) is 2.56. The molecular formula is C7H14ClNO2S. The Morgan fingerprint density at radius 1 is 1.50 bits per heavy atom. The smallest absolute Gasteiger partial charge is 0.212 e. The number of nitrogens with zero attached hydrogens (tertiary/aromatic N) is 1. The van der Waals surface area contributed by atoms with E-state index in [1.165, 1.54) is 4.31 Å². The van der Waals surface area contributed by atoms with E-state index in [2.05, 4.69) is 0 Å². The van der Waals surface area contributed by atoms with Crippen molar-refractivity contribution in [3.05, 3.63) is 0 Å². The third kappa shape index (κ3) is 2.61. The number of hydrogen-bond donors (Lipinski definition) is 0. The highest BCUT2D eigenvalue weighted by atomic mass is 35.5. The Balaban J connectivity index is 2.45. The van der Waals surface area contributed by atoms with Crippen LogP contribution in [0, 0.1) is 0 Å². The zero-order valence-corrected chi connectivity index (χ0v) is 8.74. The highest BCUT2D eigenvalue weighted by Gasteiger charge is 2.33. The molecule has 0 aromatic carbocycles. The topological polar surface area (TPSA) is 37.4 Å². The van der Waals surface area contributed by atoms with E-state index in [1.807, 2.05) is 0 Å². The first-order valence-electron chi connectivity index (χ1n) is 4.09. The summed E-state index contributed by atoms with van der Waals surface area (Å²) in [4.78, 5) is 0. The van der Waals surface area contributed by atoms with Gasteiger partial charge in [0.2, 0.25) is 10.0 Å². The van der Waals surface area contributed by atoms with Crippen LogP contribution in [0.2, 0.25) is 0 Å². The molecule has 0 unspecified atom stereocenters. The molecule has 1 saturated carbocycles. The summed E-state index contributed by atoms with van der Waals surface area (Å²) in [5, 5.41) is 0. The van der Waals surface area contributed by atoms with Gasteiger partial charge in [0, 0.05) is 19.0 Å². The van der Waals surface area contributed by atoms with Gasteiger partial charge < -0.3 is 0 Å². The van der Waals surface area contributed by atoms with Crippen LogP contribution in [0.4, 0.5) is 0 Å². The SMILES string of the molecule is CN(C1CC1)S(=O)(=O)CCCCl.